The zero-order valence-electron chi connectivity index (χ0n) is 15.5. The summed E-state index contributed by atoms with van der Waals surface area (Å²) in [4.78, 5) is 2.11. The maximum Gasteiger partial charge on any atom is 0.133 e. The second kappa shape index (κ2) is 7.45. The minimum absolute atomic E-state index is 0.531. The molecule has 140 valence electrons. The van der Waals surface area contributed by atoms with Gasteiger partial charge in [0.15, 0.2) is 0 Å². The van der Waals surface area contributed by atoms with Crippen LogP contribution < -0.4 is 10.2 Å². The van der Waals surface area contributed by atoms with Crippen LogP contribution in [0.4, 0.5) is 11.5 Å². The topological polar surface area (TPSA) is 33.1 Å². The number of halogens is 2. The van der Waals surface area contributed by atoms with Gasteiger partial charge in [0.25, 0.3) is 0 Å². The Balaban J connectivity index is 1.89. The molecule has 1 aliphatic rings. The Morgan fingerprint density at radius 3 is 2.67 bits per heavy atom. The first-order valence-corrected chi connectivity index (χ1v) is 9.89. The first kappa shape index (κ1) is 18.2. The van der Waals surface area contributed by atoms with E-state index in [2.05, 4.69) is 48.6 Å². The van der Waals surface area contributed by atoms with Gasteiger partial charge in [0.1, 0.15) is 5.82 Å². The molecule has 27 heavy (non-hydrogen) atoms. The Hall–Kier alpha value is -2.17. The number of nitrogens with zero attached hydrogens (tertiary/aromatic N) is 3. The van der Waals surface area contributed by atoms with Crippen LogP contribution in [-0.4, -0.2) is 30.4 Å². The minimum atomic E-state index is 0.531. The first-order chi connectivity index (χ1) is 13.0. The molecular formula is C21H22Cl2N4. The van der Waals surface area contributed by atoms with Gasteiger partial charge < -0.3 is 10.2 Å². The molecule has 4 rings (SSSR count). The van der Waals surface area contributed by atoms with Gasteiger partial charge in [-0.25, -0.2) is 4.68 Å². The Labute approximate surface area is 169 Å². The highest BCUT2D eigenvalue weighted by Crippen LogP contribution is 2.36. The molecule has 1 aliphatic heterocycles. The second-order valence-corrected chi connectivity index (χ2v) is 7.83. The summed E-state index contributed by atoms with van der Waals surface area (Å²) in [5.41, 5.74) is 5.47. The standard InChI is InChI=1S/C21H22Cl2N4/c1-26(2)15-7-5-6-14(12-15)20-17-8-3-4-11-24-21(17)27(25-20)16-9-10-18(22)19(23)13-16/h5-7,9-10,12-13,24H,3-4,8,11H2,1-2H3. The predicted molar refractivity (Wildman–Crippen MR) is 115 cm³/mol. The Morgan fingerprint density at radius 1 is 1.04 bits per heavy atom. The van der Waals surface area contributed by atoms with Crippen LogP contribution >= 0.6 is 23.2 Å². The van der Waals surface area contributed by atoms with Crippen LogP contribution in [0.1, 0.15) is 18.4 Å². The van der Waals surface area contributed by atoms with Crippen molar-refractivity contribution in [3.8, 4) is 16.9 Å². The lowest BCUT2D eigenvalue weighted by Crippen LogP contribution is -2.08. The molecule has 0 fully saturated rings. The SMILES string of the molecule is CN(C)c1cccc(-c2nn(-c3ccc(Cl)c(Cl)c3)c3c2CCCCN3)c1. The fourth-order valence-electron chi connectivity index (χ4n) is 3.47. The van der Waals surface area contributed by atoms with Gasteiger partial charge in [-0.05, 0) is 49.6 Å². The summed E-state index contributed by atoms with van der Waals surface area (Å²) < 4.78 is 1.96. The normalized spacial score (nSPS) is 13.6. The van der Waals surface area contributed by atoms with Crippen LogP contribution in [0.15, 0.2) is 42.5 Å². The van der Waals surface area contributed by atoms with Gasteiger partial charge in [0.2, 0.25) is 0 Å². The fraction of sp³-hybridized carbons (Fsp3) is 0.286. The lowest BCUT2D eigenvalue weighted by Gasteiger charge is -2.13. The van der Waals surface area contributed by atoms with Crippen molar-refractivity contribution < 1.29 is 0 Å². The number of benzene rings is 2. The van der Waals surface area contributed by atoms with Crippen molar-refractivity contribution in [2.45, 2.75) is 19.3 Å². The van der Waals surface area contributed by atoms with E-state index in [0.29, 0.717) is 10.0 Å². The first-order valence-electron chi connectivity index (χ1n) is 9.13. The van der Waals surface area contributed by atoms with Gasteiger partial charge in [-0.2, -0.15) is 5.10 Å². The maximum atomic E-state index is 6.26. The third-order valence-electron chi connectivity index (χ3n) is 4.91. The molecule has 0 saturated heterocycles. The quantitative estimate of drug-likeness (QED) is 0.615. The average molecular weight is 401 g/mol. The molecule has 4 nitrogen and oxygen atoms in total. The van der Waals surface area contributed by atoms with E-state index in [1.807, 2.05) is 22.9 Å². The van der Waals surface area contributed by atoms with Crippen molar-refractivity contribution in [2.75, 3.05) is 30.9 Å². The largest absolute Gasteiger partial charge is 0.378 e. The van der Waals surface area contributed by atoms with Crippen molar-refractivity contribution in [3.05, 3.63) is 58.1 Å². The van der Waals surface area contributed by atoms with Gasteiger partial charge in [0, 0.05) is 37.5 Å². The lowest BCUT2D eigenvalue weighted by molar-refractivity contribution is 0.780. The summed E-state index contributed by atoms with van der Waals surface area (Å²) in [6.07, 6.45) is 3.30. The fourth-order valence-corrected chi connectivity index (χ4v) is 3.76. The highest BCUT2D eigenvalue weighted by atomic mass is 35.5. The summed E-state index contributed by atoms with van der Waals surface area (Å²) in [7, 11) is 4.10. The van der Waals surface area contributed by atoms with Gasteiger partial charge in [-0.1, -0.05) is 35.3 Å². The third-order valence-corrected chi connectivity index (χ3v) is 5.65. The predicted octanol–water partition coefficient (Wildman–Crippen LogP) is 5.66. The number of hydrogen-bond donors (Lipinski definition) is 1. The average Bonchev–Trinajstić information content (AvgIpc) is 2.85. The summed E-state index contributed by atoms with van der Waals surface area (Å²) in [6.45, 7) is 0.942. The smallest absolute Gasteiger partial charge is 0.133 e. The molecule has 0 radical (unpaired) electrons. The third kappa shape index (κ3) is 3.52. The minimum Gasteiger partial charge on any atom is -0.378 e. The molecule has 0 atom stereocenters. The molecule has 0 unspecified atom stereocenters. The molecule has 1 N–H and O–H groups in total. The van der Waals surface area contributed by atoms with Crippen LogP contribution in [0.3, 0.4) is 0 Å². The summed E-state index contributed by atoms with van der Waals surface area (Å²) in [5, 5.41) is 9.62. The molecule has 0 spiro atoms. The van der Waals surface area contributed by atoms with Crippen LogP contribution in [0, 0.1) is 0 Å². The summed E-state index contributed by atoms with van der Waals surface area (Å²) in [6, 6.07) is 14.1. The van der Waals surface area contributed by atoms with E-state index in [1.54, 1.807) is 0 Å². The zero-order valence-corrected chi connectivity index (χ0v) is 17.0. The number of anilines is 2. The molecule has 0 bridgehead atoms. The Kier molecular flexibility index (Phi) is 5.02. The van der Waals surface area contributed by atoms with Crippen molar-refractivity contribution in [1.29, 1.82) is 0 Å². The number of nitrogens with one attached hydrogen (secondary N) is 1. The molecular weight excluding hydrogens is 379 g/mol. The molecule has 2 heterocycles. The van der Waals surface area contributed by atoms with E-state index >= 15 is 0 Å². The van der Waals surface area contributed by atoms with Crippen LogP contribution in [0.2, 0.25) is 10.0 Å². The van der Waals surface area contributed by atoms with Crippen molar-refractivity contribution in [2.24, 2.45) is 0 Å². The van der Waals surface area contributed by atoms with Crippen LogP contribution in [0.25, 0.3) is 16.9 Å². The maximum absolute atomic E-state index is 6.26. The summed E-state index contributed by atoms with van der Waals surface area (Å²) >= 11 is 12.4. The van der Waals surface area contributed by atoms with E-state index in [0.717, 1.165) is 54.3 Å². The number of hydrogen-bond acceptors (Lipinski definition) is 3. The number of aromatic nitrogens is 2. The molecule has 0 saturated carbocycles. The van der Waals surface area contributed by atoms with Crippen LogP contribution in [-0.2, 0) is 6.42 Å². The molecule has 0 amide bonds. The molecule has 1 aromatic heterocycles. The zero-order chi connectivity index (χ0) is 19.0. The molecule has 0 aliphatic carbocycles. The van der Waals surface area contributed by atoms with Crippen molar-refractivity contribution in [3.63, 3.8) is 0 Å². The van der Waals surface area contributed by atoms with Gasteiger partial charge in [-0.3, -0.25) is 0 Å². The van der Waals surface area contributed by atoms with E-state index < -0.39 is 0 Å². The van der Waals surface area contributed by atoms with E-state index in [9.17, 15) is 0 Å². The van der Waals surface area contributed by atoms with E-state index in [1.165, 1.54) is 5.56 Å². The highest BCUT2D eigenvalue weighted by molar-refractivity contribution is 6.42. The molecule has 2 aromatic carbocycles. The Morgan fingerprint density at radius 2 is 1.89 bits per heavy atom. The van der Waals surface area contributed by atoms with E-state index in [4.69, 9.17) is 28.3 Å². The monoisotopic (exact) mass is 400 g/mol. The van der Waals surface area contributed by atoms with Gasteiger partial charge in [0.05, 0.1) is 21.4 Å². The van der Waals surface area contributed by atoms with Crippen LogP contribution in [0.5, 0.6) is 0 Å². The lowest BCUT2D eigenvalue weighted by atomic mass is 10.0. The highest BCUT2D eigenvalue weighted by Gasteiger charge is 2.22. The molecule has 6 heteroatoms. The number of rotatable bonds is 3. The Bertz CT molecular complexity index is 978. The second-order valence-electron chi connectivity index (χ2n) is 7.01. The van der Waals surface area contributed by atoms with Crippen molar-refractivity contribution >= 4 is 34.7 Å². The van der Waals surface area contributed by atoms with Gasteiger partial charge >= 0.3 is 0 Å². The van der Waals surface area contributed by atoms with E-state index in [-0.39, 0.29) is 0 Å². The van der Waals surface area contributed by atoms with Crippen molar-refractivity contribution in [1.82, 2.24) is 9.78 Å². The number of fused-ring (bicyclic) bond motifs is 1. The summed E-state index contributed by atoms with van der Waals surface area (Å²) in [5.74, 6) is 1.05. The van der Waals surface area contributed by atoms with Gasteiger partial charge in [-0.15, -0.1) is 0 Å². The molecule has 3 aromatic rings.